The van der Waals surface area contributed by atoms with Crippen molar-refractivity contribution in [1.29, 1.82) is 0 Å². The summed E-state index contributed by atoms with van der Waals surface area (Å²) in [6.45, 7) is 1.88. The van der Waals surface area contributed by atoms with Crippen LogP contribution in [0.4, 0.5) is 14.4 Å². The quantitative estimate of drug-likeness (QED) is 0.0330. The molecule has 19 nitrogen and oxygen atoms in total. The number of carboxylic acid groups (broad SMARTS) is 1. The lowest BCUT2D eigenvalue weighted by Gasteiger charge is -2.39. The van der Waals surface area contributed by atoms with Gasteiger partial charge in [-0.15, -0.1) is 0 Å². The molecule has 4 amide bonds. The molecule has 0 saturated carbocycles. The number of carbonyl (C=O) groups excluding carboxylic acids is 4. The standard InChI is InChI=1S/C50H59N5O14/c1-63-40-23-34(24-41(64-2)46(40)57)43-35-25-38-39(69-31-68-38)26-36(35)45(37-30-65-47(58)44(37)43)53-42(56)27-51-17-11-22-55(50(62)67-29-33-15-7-4-8-16-33)20-10-9-19-54(49(60)61)21-12-18-52-48(59)66-28-32-13-5-3-6-14-32/h3-8,13-16,23-26,37,43-45,51,57H,9-12,17-22,27-31H2,1-2H3,(H,52,59)(H,53,56)(H,60,61). The Morgan fingerprint density at radius 2 is 1.30 bits per heavy atom. The van der Waals surface area contributed by atoms with Crippen LogP contribution in [0.3, 0.4) is 0 Å². The van der Waals surface area contributed by atoms with E-state index in [1.165, 1.54) is 19.1 Å². The highest BCUT2D eigenvalue weighted by Gasteiger charge is 2.53. The van der Waals surface area contributed by atoms with Gasteiger partial charge in [0.1, 0.15) is 13.2 Å². The number of rotatable bonds is 23. The van der Waals surface area contributed by atoms with Crippen molar-refractivity contribution >= 4 is 30.2 Å². The fourth-order valence-electron chi connectivity index (χ4n) is 8.91. The monoisotopic (exact) mass is 953 g/mol. The molecule has 0 radical (unpaired) electrons. The minimum Gasteiger partial charge on any atom is -0.502 e. The Balaban J connectivity index is 0.918. The summed E-state index contributed by atoms with van der Waals surface area (Å²) in [5.41, 5.74) is 3.77. The van der Waals surface area contributed by atoms with Gasteiger partial charge in [-0.25, -0.2) is 14.4 Å². The van der Waals surface area contributed by atoms with Crippen molar-refractivity contribution in [3.63, 3.8) is 0 Å². The fourth-order valence-corrected chi connectivity index (χ4v) is 8.91. The van der Waals surface area contributed by atoms with Crippen LogP contribution in [-0.2, 0) is 37.0 Å². The number of phenols is 1. The molecule has 4 aromatic rings. The van der Waals surface area contributed by atoms with Gasteiger partial charge in [0.15, 0.2) is 23.0 Å². The maximum Gasteiger partial charge on any atom is 0.410 e. The lowest BCUT2D eigenvalue weighted by atomic mass is 9.65. The molecule has 3 aliphatic rings. The molecule has 4 unspecified atom stereocenters. The third-order valence-corrected chi connectivity index (χ3v) is 12.4. The highest BCUT2D eigenvalue weighted by atomic mass is 16.7. The zero-order valence-electron chi connectivity index (χ0n) is 38.7. The van der Waals surface area contributed by atoms with Crippen LogP contribution in [-0.4, -0.2) is 124 Å². The van der Waals surface area contributed by atoms with Crippen molar-refractivity contribution in [2.75, 3.05) is 73.4 Å². The second kappa shape index (κ2) is 24.0. The van der Waals surface area contributed by atoms with Crippen LogP contribution in [0.15, 0.2) is 84.9 Å². The third kappa shape index (κ3) is 12.8. The summed E-state index contributed by atoms with van der Waals surface area (Å²) in [5.74, 6) is -1.32. The number of cyclic esters (lactones) is 1. The van der Waals surface area contributed by atoms with E-state index < -0.39 is 48.0 Å². The Bertz CT molecular complexity index is 2380. The minimum absolute atomic E-state index is 0.0154. The van der Waals surface area contributed by atoms with Crippen LogP contribution in [0.5, 0.6) is 28.7 Å². The molecular weight excluding hydrogens is 895 g/mol. The van der Waals surface area contributed by atoms with Crippen molar-refractivity contribution in [3.05, 3.63) is 113 Å². The summed E-state index contributed by atoms with van der Waals surface area (Å²) in [6.07, 6.45) is -0.349. The van der Waals surface area contributed by atoms with Crippen LogP contribution < -0.4 is 34.9 Å². The van der Waals surface area contributed by atoms with E-state index in [0.717, 1.165) is 16.7 Å². The molecule has 4 atom stereocenters. The number of alkyl carbamates (subject to hydrolysis) is 1. The van der Waals surface area contributed by atoms with Gasteiger partial charge in [0.05, 0.1) is 39.3 Å². The number of phenolic OH excluding ortho intramolecular Hbond substituents is 1. The molecule has 0 aromatic heterocycles. The van der Waals surface area contributed by atoms with Crippen molar-refractivity contribution in [1.82, 2.24) is 25.8 Å². The van der Waals surface area contributed by atoms with E-state index in [4.69, 9.17) is 33.2 Å². The van der Waals surface area contributed by atoms with E-state index in [1.807, 2.05) is 72.8 Å². The maximum atomic E-state index is 13.7. The van der Waals surface area contributed by atoms with Crippen molar-refractivity contribution < 1.29 is 67.3 Å². The Labute approximate surface area is 399 Å². The lowest BCUT2D eigenvalue weighted by molar-refractivity contribution is -0.141. The second-order valence-corrected chi connectivity index (χ2v) is 16.8. The van der Waals surface area contributed by atoms with Gasteiger partial charge in [-0.2, -0.15) is 0 Å². The topological polar surface area (TPSA) is 233 Å². The number of nitrogens with one attached hydrogen (secondary N) is 3. The summed E-state index contributed by atoms with van der Waals surface area (Å²) in [7, 11) is 2.85. The first-order chi connectivity index (χ1) is 33.5. The van der Waals surface area contributed by atoms with Gasteiger partial charge in [0.2, 0.25) is 18.4 Å². The SMILES string of the molecule is COc1cc(C2c3cc4c(cc3C(NC(=O)CNCCCN(CCCCN(CCCNC(=O)OCc3ccccc3)C(=O)O)C(=O)OCc3ccccc3)C3COC(=O)C23)OCO4)cc(OC)c1O. The average Bonchev–Trinajstić information content (AvgIpc) is 3.99. The molecule has 1 aliphatic carbocycles. The Morgan fingerprint density at radius 1 is 0.725 bits per heavy atom. The van der Waals surface area contributed by atoms with Gasteiger partial charge in [0.25, 0.3) is 0 Å². The Morgan fingerprint density at radius 3 is 1.94 bits per heavy atom. The van der Waals surface area contributed by atoms with E-state index >= 15 is 0 Å². The number of methoxy groups -OCH3 is 2. The van der Waals surface area contributed by atoms with Crippen LogP contribution in [0, 0.1) is 11.8 Å². The zero-order valence-corrected chi connectivity index (χ0v) is 38.7. The van der Waals surface area contributed by atoms with Crippen LogP contribution >= 0.6 is 0 Å². The van der Waals surface area contributed by atoms with Crippen molar-refractivity contribution in [2.45, 2.75) is 50.9 Å². The van der Waals surface area contributed by atoms with Gasteiger partial charge in [-0.1, -0.05) is 60.7 Å². The first-order valence-electron chi connectivity index (χ1n) is 23.0. The first kappa shape index (κ1) is 49.5. The molecule has 0 bridgehead atoms. The summed E-state index contributed by atoms with van der Waals surface area (Å²) in [4.78, 5) is 67.6. The minimum atomic E-state index is -1.08. The van der Waals surface area contributed by atoms with E-state index in [1.54, 1.807) is 17.0 Å². The molecule has 4 aromatic carbocycles. The number of nitrogens with zero attached hydrogens (tertiary/aromatic N) is 2. The molecule has 69 heavy (non-hydrogen) atoms. The zero-order chi connectivity index (χ0) is 48.7. The number of hydrogen-bond donors (Lipinski definition) is 5. The lowest BCUT2D eigenvalue weighted by Crippen LogP contribution is -2.45. The Hall–Kier alpha value is -7.41. The first-order valence-corrected chi connectivity index (χ1v) is 23.0. The number of esters is 1. The molecule has 5 N–H and O–H groups in total. The summed E-state index contributed by atoms with van der Waals surface area (Å²) in [6, 6.07) is 24.9. The molecule has 7 rings (SSSR count). The average molecular weight is 954 g/mol. The highest BCUT2D eigenvalue weighted by molar-refractivity contribution is 5.82. The normalized spacial score (nSPS) is 17.4. The van der Waals surface area contributed by atoms with E-state index in [2.05, 4.69) is 16.0 Å². The molecule has 2 heterocycles. The largest absolute Gasteiger partial charge is 0.502 e. The van der Waals surface area contributed by atoms with E-state index in [-0.39, 0.29) is 75.9 Å². The number of carbonyl (C=O) groups is 5. The summed E-state index contributed by atoms with van der Waals surface area (Å²) in [5, 5.41) is 29.5. The number of hydrogen-bond acceptors (Lipinski definition) is 14. The third-order valence-electron chi connectivity index (χ3n) is 12.4. The maximum absolute atomic E-state index is 13.7. The number of aromatic hydroxyl groups is 1. The predicted molar refractivity (Wildman–Crippen MR) is 248 cm³/mol. The van der Waals surface area contributed by atoms with Crippen molar-refractivity contribution in [3.8, 4) is 28.7 Å². The van der Waals surface area contributed by atoms with Crippen LogP contribution in [0.2, 0.25) is 0 Å². The summed E-state index contributed by atoms with van der Waals surface area (Å²) >= 11 is 0. The van der Waals surface area contributed by atoms with Gasteiger partial charge >= 0.3 is 24.2 Å². The highest BCUT2D eigenvalue weighted by Crippen LogP contribution is 2.55. The van der Waals surface area contributed by atoms with Gasteiger partial charge < -0.3 is 69.1 Å². The molecule has 368 valence electrons. The van der Waals surface area contributed by atoms with Gasteiger partial charge in [-0.3, -0.25) is 9.59 Å². The van der Waals surface area contributed by atoms with Crippen molar-refractivity contribution in [2.24, 2.45) is 11.8 Å². The number of ether oxygens (including phenoxy) is 7. The number of amides is 4. The predicted octanol–water partition coefficient (Wildman–Crippen LogP) is 5.93. The molecule has 1 fully saturated rings. The molecule has 2 aliphatic heterocycles. The van der Waals surface area contributed by atoms with Gasteiger partial charge in [0, 0.05) is 44.6 Å². The number of unbranched alkanes of at least 4 members (excludes halogenated alkanes) is 1. The van der Waals surface area contributed by atoms with Crippen LogP contribution in [0.1, 0.15) is 65.5 Å². The second-order valence-electron chi connectivity index (χ2n) is 16.8. The number of benzene rings is 4. The number of fused-ring (bicyclic) bond motifs is 3. The molecule has 0 spiro atoms. The van der Waals surface area contributed by atoms with E-state index in [9.17, 15) is 34.2 Å². The van der Waals surface area contributed by atoms with Crippen LogP contribution in [0.25, 0.3) is 0 Å². The van der Waals surface area contributed by atoms with E-state index in [0.29, 0.717) is 67.9 Å². The Kier molecular flexibility index (Phi) is 17.2. The molecule has 19 heteroatoms. The van der Waals surface area contributed by atoms with Gasteiger partial charge in [-0.05, 0) is 84.3 Å². The fraction of sp³-hybridized carbons (Fsp3) is 0.420. The molecular formula is C50H59N5O14. The summed E-state index contributed by atoms with van der Waals surface area (Å²) < 4.78 is 38.9. The smallest absolute Gasteiger partial charge is 0.410 e. The molecule has 1 saturated heterocycles.